The second-order valence-corrected chi connectivity index (χ2v) is 5.40. The van der Waals surface area contributed by atoms with E-state index < -0.39 is 11.5 Å². The Morgan fingerprint density at radius 2 is 2.09 bits per heavy atom. The Balaban J connectivity index is 2.69. The molecule has 1 rings (SSSR count). The number of benzene rings is 1. The normalized spacial score (nSPS) is 12.9. The number of halogens is 1. The highest BCUT2D eigenvalue weighted by molar-refractivity contribution is 6.32. The first-order valence-electron chi connectivity index (χ1n) is 7.67. The molecule has 0 aliphatic carbocycles. The first kappa shape index (κ1) is 19.0. The molecule has 0 fully saturated rings. The summed E-state index contributed by atoms with van der Waals surface area (Å²) in [4.78, 5) is 16.1. The predicted molar refractivity (Wildman–Crippen MR) is 96.3 cm³/mol. The van der Waals surface area contributed by atoms with Gasteiger partial charge in [0, 0.05) is 6.20 Å². The Bertz CT molecular complexity index is 565. The third kappa shape index (κ3) is 7.15. The average molecular weight is 335 g/mol. The van der Waals surface area contributed by atoms with Gasteiger partial charge in [0.05, 0.1) is 5.38 Å². The third-order valence-corrected chi connectivity index (χ3v) is 3.51. The van der Waals surface area contributed by atoms with Crippen molar-refractivity contribution in [1.82, 2.24) is 5.32 Å². The first-order chi connectivity index (χ1) is 11.1. The van der Waals surface area contributed by atoms with Gasteiger partial charge in [-0.15, -0.1) is 11.6 Å². The number of rotatable bonds is 7. The summed E-state index contributed by atoms with van der Waals surface area (Å²) in [5, 5.41) is 2.19. The summed E-state index contributed by atoms with van der Waals surface area (Å²) in [5.74, 6) is 0.825. The summed E-state index contributed by atoms with van der Waals surface area (Å²) in [6, 6.07) is 7.45. The molecule has 4 nitrogen and oxygen atoms in total. The molecule has 1 unspecified atom stereocenters. The second-order valence-electron chi connectivity index (χ2n) is 4.88. The molecular weight excluding hydrogens is 312 g/mol. The Morgan fingerprint density at radius 1 is 1.39 bits per heavy atom. The van der Waals surface area contributed by atoms with Gasteiger partial charge in [-0.05, 0) is 36.6 Å². The van der Waals surface area contributed by atoms with E-state index >= 15 is 0 Å². The van der Waals surface area contributed by atoms with Gasteiger partial charge in [-0.3, -0.25) is 5.32 Å². The van der Waals surface area contributed by atoms with Gasteiger partial charge < -0.3 is 4.74 Å². The lowest BCUT2D eigenvalue weighted by Crippen LogP contribution is -2.38. The van der Waals surface area contributed by atoms with E-state index in [1.165, 1.54) is 11.8 Å². The molecule has 1 aromatic rings. The number of carbonyl (C=O) groups excluding carboxylic acids is 1. The lowest BCUT2D eigenvalue weighted by molar-refractivity contribution is 0.206. The van der Waals surface area contributed by atoms with Gasteiger partial charge in [-0.2, -0.15) is 0 Å². The van der Waals surface area contributed by atoms with E-state index in [1.54, 1.807) is 24.3 Å². The number of nitrogens with one attached hydrogen (secondary N) is 1. The maximum Gasteiger partial charge on any atom is 0.418 e. The van der Waals surface area contributed by atoms with Gasteiger partial charge in [-0.25, -0.2) is 9.79 Å². The Labute approximate surface area is 142 Å². The van der Waals surface area contributed by atoms with E-state index in [9.17, 15) is 4.79 Å². The highest BCUT2D eigenvalue weighted by Crippen LogP contribution is 2.13. The summed E-state index contributed by atoms with van der Waals surface area (Å²) < 4.78 is 5.25. The summed E-state index contributed by atoms with van der Waals surface area (Å²) in [6.07, 6.45) is 6.86. The van der Waals surface area contributed by atoms with Crippen molar-refractivity contribution in [3.05, 3.63) is 54.8 Å². The zero-order valence-electron chi connectivity index (χ0n) is 13.6. The summed E-state index contributed by atoms with van der Waals surface area (Å²) in [7, 11) is 0. The fourth-order valence-corrected chi connectivity index (χ4v) is 1.93. The monoisotopic (exact) mass is 334 g/mol. The van der Waals surface area contributed by atoms with Crippen LogP contribution in [0.4, 0.5) is 4.79 Å². The highest BCUT2D eigenvalue weighted by Gasteiger charge is 2.15. The summed E-state index contributed by atoms with van der Waals surface area (Å²) in [6.45, 7) is 7.59. The van der Waals surface area contributed by atoms with Crippen LogP contribution in [-0.4, -0.2) is 17.3 Å². The van der Waals surface area contributed by atoms with E-state index in [4.69, 9.17) is 16.3 Å². The fourth-order valence-electron chi connectivity index (χ4n) is 1.82. The number of nitrogens with zero attached hydrogens (tertiary/aromatic N) is 1. The van der Waals surface area contributed by atoms with Crippen LogP contribution in [0, 0.1) is 0 Å². The Kier molecular flexibility index (Phi) is 8.76. The van der Waals surface area contributed by atoms with Gasteiger partial charge in [0.25, 0.3) is 0 Å². The van der Waals surface area contributed by atoms with Gasteiger partial charge in [0.2, 0.25) is 0 Å². The molecule has 1 aromatic carbocycles. The van der Waals surface area contributed by atoms with Crippen LogP contribution in [-0.2, 0) is 6.42 Å². The maximum absolute atomic E-state index is 12.0. The van der Waals surface area contributed by atoms with Gasteiger partial charge in [0.15, 0.2) is 0 Å². The number of aryl methyl sites for hydroxylation is 1. The largest absolute Gasteiger partial charge is 0.418 e. The van der Waals surface area contributed by atoms with Crippen molar-refractivity contribution in [3.63, 3.8) is 0 Å². The maximum atomic E-state index is 12.0. The lowest BCUT2D eigenvalue weighted by atomic mass is 10.1. The highest BCUT2D eigenvalue weighted by atomic mass is 35.5. The van der Waals surface area contributed by atoms with E-state index in [0.29, 0.717) is 18.0 Å². The number of carbonyl (C=O) groups is 1. The predicted octanol–water partition coefficient (Wildman–Crippen LogP) is 4.84. The average Bonchev–Trinajstić information content (AvgIpc) is 2.55. The molecule has 0 aromatic heterocycles. The molecule has 124 valence electrons. The smallest absolute Gasteiger partial charge is 0.410 e. The molecular formula is C18H23ClN2O2. The van der Waals surface area contributed by atoms with Gasteiger partial charge >= 0.3 is 6.09 Å². The molecule has 0 saturated heterocycles. The van der Waals surface area contributed by atoms with E-state index in [-0.39, 0.29) is 0 Å². The molecule has 0 spiro atoms. The van der Waals surface area contributed by atoms with Crippen LogP contribution in [0.2, 0.25) is 0 Å². The number of allylic oxidation sites excluding steroid dienone is 2. The van der Waals surface area contributed by atoms with Crippen LogP contribution in [0.3, 0.4) is 0 Å². The molecule has 1 N–H and O–H groups in total. The molecule has 0 heterocycles. The van der Waals surface area contributed by atoms with Crippen molar-refractivity contribution < 1.29 is 9.53 Å². The standard InChI is InChI=1S/C18H23ClN2O2/c1-4-7-13-20-17(16(19)6-3)21-18(22)23-15-11-9-14(8-5-2)10-12-15/h4,7,9-13,16H,1,5-6,8H2,2-3H3,(H,20,21,22)/b13-7+. The number of ether oxygens (including phenoxy) is 1. The van der Waals surface area contributed by atoms with Crippen LogP contribution in [0.1, 0.15) is 32.3 Å². The minimum absolute atomic E-state index is 0.347. The molecule has 1 amide bonds. The van der Waals surface area contributed by atoms with E-state index in [2.05, 4.69) is 23.8 Å². The second kappa shape index (κ2) is 10.6. The molecule has 5 heteroatoms. The van der Waals surface area contributed by atoms with Gasteiger partial charge in [0.1, 0.15) is 11.6 Å². The zero-order chi connectivity index (χ0) is 17.1. The summed E-state index contributed by atoms with van der Waals surface area (Å²) in [5.41, 5.74) is 1.21. The van der Waals surface area contributed by atoms with Crippen LogP contribution in [0.15, 0.2) is 54.2 Å². The van der Waals surface area contributed by atoms with Crippen LogP contribution >= 0.6 is 11.6 Å². The minimum atomic E-state index is -0.613. The number of amides is 1. The fraction of sp³-hybridized carbons (Fsp3) is 0.333. The van der Waals surface area contributed by atoms with Crippen molar-refractivity contribution in [2.45, 2.75) is 38.5 Å². The zero-order valence-corrected chi connectivity index (χ0v) is 14.3. The van der Waals surface area contributed by atoms with Crippen molar-refractivity contribution >= 4 is 23.5 Å². The first-order valence-corrected chi connectivity index (χ1v) is 8.11. The number of hydrogen-bond donors (Lipinski definition) is 1. The third-order valence-electron chi connectivity index (χ3n) is 2.99. The molecule has 1 atom stereocenters. The number of alkyl halides is 1. The van der Waals surface area contributed by atoms with Crippen molar-refractivity contribution in [1.29, 1.82) is 0 Å². The molecule has 0 bridgehead atoms. The SMILES string of the molecule is C=C/C=C/N=C(NC(=O)Oc1ccc(CCC)cc1)C(Cl)CC. The molecule has 0 radical (unpaired) electrons. The lowest BCUT2D eigenvalue weighted by Gasteiger charge is -2.12. The van der Waals surface area contributed by atoms with E-state index in [0.717, 1.165) is 12.8 Å². The molecule has 0 aliphatic rings. The number of hydrogen-bond acceptors (Lipinski definition) is 3. The van der Waals surface area contributed by atoms with Crippen molar-refractivity contribution in [2.75, 3.05) is 0 Å². The van der Waals surface area contributed by atoms with Crippen LogP contribution in [0.25, 0.3) is 0 Å². The Hall–Kier alpha value is -2.07. The number of amidine groups is 1. The minimum Gasteiger partial charge on any atom is -0.410 e. The summed E-state index contributed by atoms with van der Waals surface area (Å²) >= 11 is 6.15. The Morgan fingerprint density at radius 3 is 2.65 bits per heavy atom. The topological polar surface area (TPSA) is 50.7 Å². The molecule has 23 heavy (non-hydrogen) atoms. The van der Waals surface area contributed by atoms with Crippen molar-refractivity contribution in [3.8, 4) is 5.75 Å². The number of aliphatic imine (C=N–C) groups is 1. The quantitative estimate of drug-likeness (QED) is 0.335. The molecule has 0 aliphatic heterocycles. The molecule has 0 saturated carbocycles. The van der Waals surface area contributed by atoms with E-state index in [1.807, 2.05) is 19.1 Å². The van der Waals surface area contributed by atoms with Crippen molar-refractivity contribution in [2.24, 2.45) is 4.99 Å². The van der Waals surface area contributed by atoms with Crippen LogP contribution in [0.5, 0.6) is 5.75 Å². The van der Waals surface area contributed by atoms with Crippen LogP contribution < -0.4 is 10.1 Å². The van der Waals surface area contributed by atoms with Gasteiger partial charge in [-0.1, -0.05) is 45.1 Å².